The highest BCUT2D eigenvalue weighted by Crippen LogP contribution is 2.23. The van der Waals surface area contributed by atoms with Gasteiger partial charge >= 0.3 is 0 Å². The molecule has 0 bridgehead atoms. The fourth-order valence-corrected chi connectivity index (χ4v) is 5.72. The molecule has 0 spiro atoms. The lowest BCUT2D eigenvalue weighted by atomic mass is 10.1. The van der Waals surface area contributed by atoms with Gasteiger partial charge in [0.15, 0.2) is 11.6 Å². The molecule has 0 radical (unpaired) electrons. The molecule has 226 valence electrons. The number of carbonyl (C=O) groups excluding carboxylic acids is 4. The molecule has 12 heteroatoms. The average molecular weight is 595 g/mol. The van der Waals surface area contributed by atoms with Gasteiger partial charge in [-0.1, -0.05) is 49.9 Å². The first-order valence-corrected chi connectivity index (χ1v) is 15.2. The van der Waals surface area contributed by atoms with Crippen LogP contribution in [0.1, 0.15) is 103 Å². The standard InChI is InChI=1S/C32H34N8O4/c41-29-21-11-7-8-12-22(21)30(42)39(29)19-17-27-33-25(35-37-27)15-5-3-1-2-4-6-16-26-34-28(38-36-26)18-20-40-31(43)23-13-9-10-14-24(23)32(40)44/h7-14H,1-6,15-20H2,(H,33,35,37)(H,34,36,38). The minimum absolute atomic E-state index is 0.259. The number of aromatic nitrogens is 6. The maximum absolute atomic E-state index is 12.5. The number of nitrogens with zero attached hydrogens (tertiary/aromatic N) is 6. The van der Waals surface area contributed by atoms with Crippen molar-refractivity contribution in [1.29, 1.82) is 0 Å². The Balaban J connectivity index is 0.823. The zero-order valence-electron chi connectivity index (χ0n) is 24.4. The molecule has 44 heavy (non-hydrogen) atoms. The van der Waals surface area contributed by atoms with Gasteiger partial charge in [0.25, 0.3) is 23.6 Å². The summed E-state index contributed by atoms with van der Waals surface area (Å²) in [4.78, 5) is 61.7. The molecule has 0 saturated carbocycles. The molecule has 2 aromatic carbocycles. The van der Waals surface area contributed by atoms with Gasteiger partial charge in [0, 0.05) is 38.8 Å². The Labute approximate surface area is 254 Å². The molecular weight excluding hydrogens is 560 g/mol. The minimum atomic E-state index is -0.260. The van der Waals surface area contributed by atoms with E-state index in [1.807, 2.05) is 0 Å². The average Bonchev–Trinajstić information content (AvgIpc) is 3.80. The number of aromatic amines is 2. The fraction of sp³-hybridized carbons (Fsp3) is 0.375. The summed E-state index contributed by atoms with van der Waals surface area (Å²) in [5.74, 6) is 1.83. The van der Waals surface area contributed by atoms with Gasteiger partial charge in [0.05, 0.1) is 22.3 Å². The highest BCUT2D eigenvalue weighted by molar-refractivity contribution is 6.22. The predicted octanol–water partition coefficient (Wildman–Crippen LogP) is 3.73. The summed E-state index contributed by atoms with van der Waals surface area (Å²) in [7, 11) is 0. The number of carbonyl (C=O) groups is 4. The molecule has 4 amide bonds. The molecule has 0 saturated heterocycles. The highest BCUT2D eigenvalue weighted by Gasteiger charge is 2.35. The van der Waals surface area contributed by atoms with E-state index in [2.05, 4.69) is 30.4 Å². The number of fused-ring (bicyclic) bond motifs is 2. The Hall–Kier alpha value is -5.00. The van der Waals surface area contributed by atoms with Crippen molar-refractivity contribution in [2.24, 2.45) is 0 Å². The predicted molar refractivity (Wildman–Crippen MR) is 159 cm³/mol. The van der Waals surface area contributed by atoms with E-state index in [1.165, 1.54) is 9.80 Å². The van der Waals surface area contributed by atoms with Crippen LogP contribution in [0.4, 0.5) is 0 Å². The van der Waals surface area contributed by atoms with Crippen molar-refractivity contribution in [1.82, 2.24) is 40.2 Å². The van der Waals surface area contributed by atoms with Crippen LogP contribution >= 0.6 is 0 Å². The Bertz CT molecular complexity index is 1500. The van der Waals surface area contributed by atoms with Gasteiger partial charge in [-0.15, -0.1) is 0 Å². The van der Waals surface area contributed by atoms with Crippen LogP contribution in [-0.2, 0) is 25.7 Å². The quantitative estimate of drug-likeness (QED) is 0.156. The van der Waals surface area contributed by atoms with Crippen molar-refractivity contribution in [2.75, 3.05) is 13.1 Å². The molecule has 2 aromatic heterocycles. The molecule has 0 aliphatic carbocycles. The molecule has 4 aromatic rings. The molecule has 2 aliphatic heterocycles. The number of hydrogen-bond donors (Lipinski definition) is 2. The third-order valence-electron chi connectivity index (χ3n) is 8.11. The SMILES string of the molecule is O=C1c2ccccc2C(=O)N1CCc1n[nH]c(CCCCCCCCc2nc(CCN3C(=O)c4ccccc4C3=O)n[nH]2)n1. The maximum Gasteiger partial charge on any atom is 0.261 e. The number of benzene rings is 2. The van der Waals surface area contributed by atoms with Gasteiger partial charge in [-0.2, -0.15) is 10.2 Å². The van der Waals surface area contributed by atoms with Crippen molar-refractivity contribution >= 4 is 23.6 Å². The zero-order valence-corrected chi connectivity index (χ0v) is 24.4. The van der Waals surface area contributed by atoms with E-state index in [-0.39, 0.29) is 36.7 Å². The second-order valence-corrected chi connectivity index (χ2v) is 11.1. The number of unbranched alkanes of at least 4 members (excludes halogenated alkanes) is 5. The number of nitrogens with one attached hydrogen (secondary N) is 2. The van der Waals surface area contributed by atoms with E-state index in [0.717, 1.165) is 63.0 Å². The zero-order chi connectivity index (χ0) is 30.5. The summed E-state index contributed by atoms with van der Waals surface area (Å²) < 4.78 is 0. The molecule has 2 N–H and O–H groups in total. The smallest absolute Gasteiger partial charge is 0.261 e. The normalized spacial score (nSPS) is 14.2. The van der Waals surface area contributed by atoms with Crippen molar-refractivity contribution in [2.45, 2.75) is 64.2 Å². The summed E-state index contributed by atoms with van der Waals surface area (Å²) in [6, 6.07) is 13.8. The Morgan fingerprint density at radius 2 is 0.818 bits per heavy atom. The van der Waals surface area contributed by atoms with Crippen molar-refractivity contribution < 1.29 is 19.2 Å². The first kappa shape index (κ1) is 29.1. The molecule has 0 unspecified atom stereocenters. The van der Waals surface area contributed by atoms with E-state index in [1.54, 1.807) is 48.5 Å². The van der Waals surface area contributed by atoms with Crippen LogP contribution in [0.5, 0.6) is 0 Å². The molecule has 4 heterocycles. The number of amides is 4. The van der Waals surface area contributed by atoms with Gasteiger partial charge in [-0.3, -0.25) is 39.2 Å². The van der Waals surface area contributed by atoms with Gasteiger partial charge in [0.1, 0.15) is 11.6 Å². The molecule has 0 atom stereocenters. The first-order chi connectivity index (χ1) is 21.5. The molecular formula is C32H34N8O4. The van der Waals surface area contributed by atoms with Crippen LogP contribution in [0, 0.1) is 0 Å². The van der Waals surface area contributed by atoms with Gasteiger partial charge in [0.2, 0.25) is 0 Å². The van der Waals surface area contributed by atoms with Crippen molar-refractivity contribution in [3.8, 4) is 0 Å². The number of imide groups is 2. The lowest BCUT2D eigenvalue weighted by molar-refractivity contribution is 0.0639. The lowest BCUT2D eigenvalue weighted by Crippen LogP contribution is -2.31. The van der Waals surface area contributed by atoms with Crippen LogP contribution in [-0.4, -0.2) is 76.9 Å². The van der Waals surface area contributed by atoms with Crippen LogP contribution in [0.15, 0.2) is 48.5 Å². The summed E-state index contributed by atoms with van der Waals surface area (Å²) in [6.45, 7) is 0.518. The van der Waals surface area contributed by atoms with Crippen LogP contribution in [0.3, 0.4) is 0 Å². The number of aryl methyl sites for hydroxylation is 2. The Morgan fingerprint density at radius 1 is 0.477 bits per heavy atom. The summed E-state index contributed by atoms with van der Waals surface area (Å²) in [5.41, 5.74) is 1.81. The third kappa shape index (κ3) is 6.19. The van der Waals surface area contributed by atoms with Gasteiger partial charge < -0.3 is 0 Å². The highest BCUT2D eigenvalue weighted by atomic mass is 16.2. The summed E-state index contributed by atoms with van der Waals surface area (Å²) in [5, 5.41) is 14.5. The second-order valence-electron chi connectivity index (χ2n) is 11.1. The van der Waals surface area contributed by atoms with E-state index in [0.29, 0.717) is 46.7 Å². The van der Waals surface area contributed by atoms with Crippen molar-refractivity contribution in [3.05, 3.63) is 94.1 Å². The van der Waals surface area contributed by atoms with Gasteiger partial charge in [-0.25, -0.2) is 9.97 Å². The van der Waals surface area contributed by atoms with Crippen LogP contribution in [0.25, 0.3) is 0 Å². The second kappa shape index (κ2) is 13.1. The molecule has 6 rings (SSSR count). The lowest BCUT2D eigenvalue weighted by Gasteiger charge is -2.11. The fourth-order valence-electron chi connectivity index (χ4n) is 5.72. The van der Waals surface area contributed by atoms with E-state index >= 15 is 0 Å². The van der Waals surface area contributed by atoms with Gasteiger partial charge in [-0.05, 0) is 37.1 Å². The molecule has 2 aliphatic rings. The maximum atomic E-state index is 12.5. The minimum Gasteiger partial charge on any atom is -0.274 e. The number of rotatable bonds is 15. The largest absolute Gasteiger partial charge is 0.274 e. The third-order valence-corrected chi connectivity index (χ3v) is 8.11. The number of H-pyrrole nitrogens is 2. The summed E-state index contributed by atoms with van der Waals surface area (Å²) >= 11 is 0. The molecule has 12 nitrogen and oxygen atoms in total. The van der Waals surface area contributed by atoms with E-state index < -0.39 is 0 Å². The first-order valence-electron chi connectivity index (χ1n) is 15.2. The van der Waals surface area contributed by atoms with Crippen LogP contribution < -0.4 is 0 Å². The topological polar surface area (TPSA) is 158 Å². The van der Waals surface area contributed by atoms with E-state index in [4.69, 9.17) is 0 Å². The monoisotopic (exact) mass is 594 g/mol. The summed E-state index contributed by atoms with van der Waals surface area (Å²) in [6.07, 6.45) is 8.90. The number of hydrogen-bond acceptors (Lipinski definition) is 8. The Morgan fingerprint density at radius 3 is 1.18 bits per heavy atom. The van der Waals surface area contributed by atoms with Crippen LogP contribution in [0.2, 0.25) is 0 Å². The molecule has 0 fully saturated rings. The Kier molecular flexibility index (Phi) is 8.67. The van der Waals surface area contributed by atoms with Crippen molar-refractivity contribution in [3.63, 3.8) is 0 Å². The van der Waals surface area contributed by atoms with E-state index in [9.17, 15) is 19.2 Å².